The van der Waals surface area contributed by atoms with Crippen LogP contribution in [0, 0.1) is 5.92 Å². The van der Waals surface area contributed by atoms with E-state index in [4.69, 9.17) is 11.6 Å². The number of hydrogen-bond acceptors (Lipinski definition) is 2. The van der Waals surface area contributed by atoms with Crippen LogP contribution < -0.4 is 29.1 Å². The first-order chi connectivity index (χ1) is 6.52. The van der Waals surface area contributed by atoms with Gasteiger partial charge in [-0.25, -0.2) is 0 Å². The van der Waals surface area contributed by atoms with E-state index in [1.54, 1.807) is 31.2 Å². The van der Waals surface area contributed by atoms with Gasteiger partial charge in [0.25, 0.3) is 0 Å². The summed E-state index contributed by atoms with van der Waals surface area (Å²) in [5.74, 6) is -0.406. The first-order valence-corrected chi connectivity index (χ1v) is 4.97. The predicted molar refractivity (Wildman–Crippen MR) is 52.8 cm³/mol. The molecule has 0 amide bonds. The molecule has 2 nitrogen and oxygen atoms in total. The van der Waals surface area contributed by atoms with Crippen LogP contribution in [0.5, 0.6) is 0 Å². The van der Waals surface area contributed by atoms with Crippen molar-refractivity contribution in [1.82, 2.24) is 0 Å². The molecule has 4 heteroatoms. The van der Waals surface area contributed by atoms with Crippen LogP contribution in [0.25, 0.3) is 0 Å². The molecule has 1 aromatic carbocycles. The Balaban J connectivity index is 0.00000196. The zero-order valence-electron chi connectivity index (χ0n) is 9.24. The van der Waals surface area contributed by atoms with Gasteiger partial charge in [-0.05, 0) is 12.1 Å². The Bertz CT molecular complexity index is 287. The molecule has 0 aliphatic rings. The molecule has 0 bridgehead atoms. The number of benzene rings is 1. The van der Waals surface area contributed by atoms with Crippen molar-refractivity contribution in [3.8, 4) is 0 Å². The Morgan fingerprint density at radius 1 is 1.07 bits per heavy atom. The molecule has 0 spiro atoms. The van der Waals surface area contributed by atoms with Crippen LogP contribution in [0.4, 0.5) is 0 Å². The van der Waals surface area contributed by atoms with Crippen LogP contribution in [0.3, 0.4) is 0 Å². The van der Waals surface area contributed by atoms with Gasteiger partial charge >= 0.3 is 18.9 Å². The molecule has 0 N–H and O–H groups in total. The maximum Gasteiger partial charge on any atom is 1.00 e. The summed E-state index contributed by atoms with van der Waals surface area (Å²) in [6.45, 7) is 3.20. The van der Waals surface area contributed by atoms with Gasteiger partial charge in [-0.15, -0.1) is 6.10 Å². The van der Waals surface area contributed by atoms with Crippen molar-refractivity contribution in [2.24, 2.45) is 5.92 Å². The monoisotopic (exact) mass is 219 g/mol. The second-order valence-corrected chi connectivity index (χ2v) is 3.97. The quantitative estimate of drug-likeness (QED) is 0.560. The third-order valence-electron chi connectivity index (χ3n) is 2.42. The molecule has 0 fully saturated rings. The van der Waals surface area contributed by atoms with Crippen molar-refractivity contribution in [2.45, 2.75) is 26.1 Å². The van der Waals surface area contributed by atoms with Gasteiger partial charge in [-0.2, -0.15) is 0 Å². The molecule has 0 aliphatic carbocycles. The molecule has 0 aromatic heterocycles. The van der Waals surface area contributed by atoms with E-state index >= 15 is 0 Å². The van der Waals surface area contributed by atoms with E-state index in [0.29, 0.717) is 10.6 Å². The zero-order chi connectivity index (χ0) is 10.7. The van der Waals surface area contributed by atoms with Gasteiger partial charge in [0.2, 0.25) is 0 Å². The smallest absolute Gasteiger partial charge is 0.852 e. The van der Waals surface area contributed by atoms with Crippen molar-refractivity contribution < 1.29 is 29.1 Å². The average Bonchev–Trinajstić information content (AvgIpc) is 2.16. The van der Waals surface area contributed by atoms with Gasteiger partial charge in [-0.1, -0.05) is 55.2 Å². The van der Waals surface area contributed by atoms with Gasteiger partial charge in [0.15, 0.2) is 0 Å². The van der Waals surface area contributed by atoms with Gasteiger partial charge in [0, 0.05) is 5.02 Å². The van der Waals surface area contributed by atoms with Crippen LogP contribution in [-0.2, 0) is 0 Å². The minimum atomic E-state index is -0.959. The first-order valence-electron chi connectivity index (χ1n) is 4.59. The molecule has 0 radical (unpaired) electrons. The molecule has 3 unspecified atom stereocenters. The normalized spacial score (nSPS) is 16.3. The number of hydrogen-bond donors (Lipinski definition) is 0. The van der Waals surface area contributed by atoms with Crippen LogP contribution in [0.15, 0.2) is 24.3 Å². The predicted octanol–water partition coefficient (Wildman–Crippen LogP) is -1.87. The third-order valence-corrected chi connectivity index (χ3v) is 2.67. The topological polar surface area (TPSA) is 46.1 Å². The van der Waals surface area contributed by atoms with Gasteiger partial charge in [0.05, 0.1) is 0 Å². The van der Waals surface area contributed by atoms with E-state index in [0.717, 1.165) is 0 Å². The van der Waals surface area contributed by atoms with Crippen LogP contribution >= 0.6 is 11.6 Å². The third kappa shape index (κ3) is 4.18. The maximum absolute atomic E-state index is 11.7. The number of halogens is 1. The van der Waals surface area contributed by atoms with Crippen molar-refractivity contribution in [3.63, 3.8) is 0 Å². The van der Waals surface area contributed by atoms with Crippen LogP contribution in [0.2, 0.25) is 5.02 Å². The largest absolute Gasteiger partial charge is 1.00 e. The molecule has 0 heterocycles. The Morgan fingerprint density at radius 2 is 1.53 bits per heavy atom. The maximum atomic E-state index is 11.7. The summed E-state index contributed by atoms with van der Waals surface area (Å²) in [6.07, 6.45) is -1.80. The van der Waals surface area contributed by atoms with Gasteiger partial charge in [0.1, 0.15) is 0 Å². The summed E-state index contributed by atoms with van der Waals surface area (Å²) in [5.41, 5.74) is 0.629. The molecule has 3 atom stereocenters. The SMILES string of the molecule is CC([O-])C(C)C([O-])c1ccc(Cl)cc1.[Li+]. The fourth-order valence-corrected chi connectivity index (χ4v) is 1.33. The summed E-state index contributed by atoms with van der Waals surface area (Å²) in [6, 6.07) is 6.70. The number of rotatable bonds is 3. The molecule has 0 aliphatic heterocycles. The van der Waals surface area contributed by atoms with E-state index in [-0.39, 0.29) is 18.9 Å². The molecule has 15 heavy (non-hydrogen) atoms. The van der Waals surface area contributed by atoms with Crippen molar-refractivity contribution in [2.75, 3.05) is 0 Å². The standard InChI is InChI=1S/C11H13ClO2.Li/c1-7(8(2)13)11(14)9-3-5-10(12)6-4-9;/h3-8,11H,1-2H3;/q-2;+1. The summed E-state index contributed by atoms with van der Waals surface area (Å²) in [7, 11) is 0. The Morgan fingerprint density at radius 3 is 1.93 bits per heavy atom. The van der Waals surface area contributed by atoms with Gasteiger partial charge in [-0.3, -0.25) is 0 Å². The summed E-state index contributed by atoms with van der Waals surface area (Å²) < 4.78 is 0. The average molecular weight is 220 g/mol. The van der Waals surface area contributed by atoms with Crippen molar-refractivity contribution >= 4 is 11.6 Å². The summed E-state index contributed by atoms with van der Waals surface area (Å²) in [5, 5.41) is 23.4. The van der Waals surface area contributed by atoms with Crippen molar-refractivity contribution in [1.29, 1.82) is 0 Å². The second kappa shape index (κ2) is 6.58. The molecule has 1 aromatic rings. The van der Waals surface area contributed by atoms with Gasteiger partial charge < -0.3 is 10.2 Å². The van der Waals surface area contributed by atoms with E-state index in [1.165, 1.54) is 6.92 Å². The van der Waals surface area contributed by atoms with E-state index in [9.17, 15) is 10.2 Å². The van der Waals surface area contributed by atoms with E-state index < -0.39 is 18.1 Å². The Labute approximate surface area is 107 Å². The molecule has 78 valence electrons. The molecule has 0 saturated heterocycles. The summed E-state index contributed by atoms with van der Waals surface area (Å²) in [4.78, 5) is 0. The van der Waals surface area contributed by atoms with Crippen molar-refractivity contribution in [3.05, 3.63) is 34.9 Å². The zero-order valence-corrected chi connectivity index (χ0v) is 9.99. The minimum Gasteiger partial charge on any atom is -0.852 e. The molecular formula is C11H13ClLiO2-. The van der Waals surface area contributed by atoms with E-state index in [1.807, 2.05) is 0 Å². The second-order valence-electron chi connectivity index (χ2n) is 3.54. The summed E-state index contributed by atoms with van der Waals surface area (Å²) >= 11 is 5.69. The van der Waals surface area contributed by atoms with Crippen LogP contribution in [0.1, 0.15) is 25.5 Å². The molecule has 0 saturated carbocycles. The molecular weight excluding hydrogens is 207 g/mol. The fraction of sp³-hybridized carbons (Fsp3) is 0.455. The van der Waals surface area contributed by atoms with Crippen LogP contribution in [-0.4, -0.2) is 6.10 Å². The Hall–Kier alpha value is 0.0274. The first kappa shape index (κ1) is 15.0. The van der Waals surface area contributed by atoms with E-state index in [2.05, 4.69) is 0 Å². The Kier molecular flexibility index (Phi) is 6.59. The fourth-order valence-electron chi connectivity index (χ4n) is 1.20. The molecule has 1 rings (SSSR count). The minimum absolute atomic E-state index is 0.